The van der Waals surface area contributed by atoms with E-state index in [4.69, 9.17) is 20.5 Å². The largest absolute Gasteiger partial charge is 0.465 e. The summed E-state index contributed by atoms with van der Waals surface area (Å²) in [5.74, 6) is -0.897. The van der Waals surface area contributed by atoms with E-state index >= 15 is 0 Å². The minimum atomic E-state index is -0.448. The van der Waals surface area contributed by atoms with Crippen molar-refractivity contribution in [2.24, 2.45) is 10.2 Å². The molecule has 0 aromatic heterocycles. The maximum atomic E-state index is 11.8. The van der Waals surface area contributed by atoms with E-state index in [1.807, 2.05) is 12.1 Å². The molecule has 0 radical (unpaired) electrons. The molecular formula is C24H20N6O4. The van der Waals surface area contributed by atoms with Gasteiger partial charge in [-0.3, -0.25) is 0 Å². The van der Waals surface area contributed by atoms with E-state index in [-0.39, 0.29) is 13.1 Å². The fourth-order valence-corrected chi connectivity index (χ4v) is 3.51. The van der Waals surface area contributed by atoms with Crippen molar-refractivity contribution in [1.29, 1.82) is 0 Å². The second-order valence-corrected chi connectivity index (χ2v) is 7.08. The van der Waals surface area contributed by atoms with E-state index in [1.165, 1.54) is 14.2 Å². The van der Waals surface area contributed by atoms with Gasteiger partial charge in [-0.05, 0) is 68.7 Å². The van der Waals surface area contributed by atoms with E-state index in [9.17, 15) is 9.59 Å². The van der Waals surface area contributed by atoms with Gasteiger partial charge in [0.25, 0.3) is 0 Å². The number of carbonyl (C=O) groups is 2. The Bertz CT molecular complexity index is 1200. The third kappa shape index (κ3) is 5.34. The smallest absolute Gasteiger partial charge is 0.337 e. The van der Waals surface area contributed by atoms with E-state index in [2.05, 4.69) is 20.1 Å². The first-order valence-electron chi connectivity index (χ1n) is 10.1. The summed E-state index contributed by atoms with van der Waals surface area (Å²) in [6, 6.07) is 17.4. The van der Waals surface area contributed by atoms with E-state index in [0.717, 1.165) is 33.4 Å². The number of azide groups is 2. The first-order valence-corrected chi connectivity index (χ1v) is 10.1. The molecule has 0 aliphatic rings. The number of benzene rings is 3. The van der Waals surface area contributed by atoms with Crippen LogP contribution < -0.4 is 0 Å². The first kappa shape index (κ1) is 23.9. The van der Waals surface area contributed by atoms with Crippen molar-refractivity contribution in [3.05, 3.63) is 104 Å². The highest BCUT2D eigenvalue weighted by molar-refractivity contribution is 5.91. The van der Waals surface area contributed by atoms with Crippen molar-refractivity contribution in [3.8, 4) is 22.3 Å². The Balaban J connectivity index is 2.16. The molecule has 0 N–H and O–H groups in total. The lowest BCUT2D eigenvalue weighted by atomic mass is 9.90. The number of nitrogens with zero attached hydrogens (tertiary/aromatic N) is 6. The summed E-state index contributed by atoms with van der Waals surface area (Å²) in [5, 5.41) is 7.45. The highest BCUT2D eigenvalue weighted by Crippen LogP contribution is 2.34. The van der Waals surface area contributed by atoms with Gasteiger partial charge in [-0.25, -0.2) is 9.59 Å². The van der Waals surface area contributed by atoms with Gasteiger partial charge in [0.2, 0.25) is 0 Å². The molecule has 3 aromatic rings. The maximum Gasteiger partial charge on any atom is 0.337 e. The fraction of sp³-hybridized carbons (Fsp3) is 0.167. The van der Waals surface area contributed by atoms with E-state index in [1.54, 1.807) is 48.5 Å². The summed E-state index contributed by atoms with van der Waals surface area (Å²) in [4.78, 5) is 29.3. The zero-order chi connectivity index (χ0) is 24.5. The van der Waals surface area contributed by atoms with Crippen LogP contribution in [0.3, 0.4) is 0 Å². The van der Waals surface area contributed by atoms with Crippen LogP contribution in [0.1, 0.15) is 31.8 Å². The average molecular weight is 456 g/mol. The predicted molar refractivity (Wildman–Crippen MR) is 126 cm³/mol. The van der Waals surface area contributed by atoms with Crippen molar-refractivity contribution in [3.63, 3.8) is 0 Å². The Labute approximate surface area is 195 Å². The lowest BCUT2D eigenvalue weighted by Crippen LogP contribution is -2.01. The molecule has 3 rings (SSSR count). The van der Waals surface area contributed by atoms with Gasteiger partial charge in [-0.1, -0.05) is 46.6 Å². The summed E-state index contributed by atoms with van der Waals surface area (Å²) >= 11 is 0. The van der Waals surface area contributed by atoms with Gasteiger partial charge in [-0.15, -0.1) is 0 Å². The number of hydrogen-bond acceptors (Lipinski definition) is 6. The monoisotopic (exact) mass is 456 g/mol. The third-order valence-electron chi connectivity index (χ3n) is 5.17. The zero-order valence-electron chi connectivity index (χ0n) is 18.5. The van der Waals surface area contributed by atoms with Gasteiger partial charge in [0.05, 0.1) is 38.4 Å². The minimum absolute atomic E-state index is 0.0830. The van der Waals surface area contributed by atoms with Gasteiger partial charge in [0, 0.05) is 9.82 Å². The summed E-state index contributed by atoms with van der Waals surface area (Å²) in [6.07, 6.45) is 0. The molecule has 0 aliphatic heterocycles. The first-order chi connectivity index (χ1) is 16.5. The van der Waals surface area contributed by atoms with Gasteiger partial charge >= 0.3 is 11.9 Å². The lowest BCUT2D eigenvalue weighted by Gasteiger charge is -2.16. The number of methoxy groups -OCH3 is 2. The number of carbonyl (C=O) groups excluding carboxylic acids is 2. The van der Waals surface area contributed by atoms with Gasteiger partial charge < -0.3 is 9.47 Å². The van der Waals surface area contributed by atoms with E-state index in [0.29, 0.717) is 11.1 Å². The van der Waals surface area contributed by atoms with Gasteiger partial charge in [0.1, 0.15) is 0 Å². The number of ether oxygens (including phenoxy) is 2. The lowest BCUT2D eigenvalue weighted by molar-refractivity contribution is 0.0592. The third-order valence-corrected chi connectivity index (χ3v) is 5.17. The molecule has 3 aromatic carbocycles. The molecule has 0 bridgehead atoms. The molecule has 0 saturated heterocycles. The Morgan fingerprint density at radius 1 is 0.706 bits per heavy atom. The Kier molecular flexibility index (Phi) is 7.86. The summed E-state index contributed by atoms with van der Waals surface area (Å²) in [5.41, 5.74) is 23.1. The van der Waals surface area contributed by atoms with Crippen molar-refractivity contribution >= 4 is 11.9 Å². The van der Waals surface area contributed by atoms with Crippen LogP contribution in [0.25, 0.3) is 43.1 Å². The molecule has 10 heteroatoms. The second kappa shape index (κ2) is 11.2. The van der Waals surface area contributed by atoms with Crippen molar-refractivity contribution in [1.82, 2.24) is 0 Å². The molecule has 0 saturated carbocycles. The van der Waals surface area contributed by atoms with Crippen LogP contribution in [0.2, 0.25) is 0 Å². The topological polar surface area (TPSA) is 150 Å². The number of hydrogen-bond donors (Lipinski definition) is 0. The average Bonchev–Trinajstić information content (AvgIpc) is 2.89. The van der Waals surface area contributed by atoms with Crippen LogP contribution in [-0.2, 0) is 22.6 Å². The predicted octanol–water partition coefficient (Wildman–Crippen LogP) is 6.21. The molecule has 0 amide bonds. The number of rotatable bonds is 8. The molecule has 0 fully saturated rings. The fourth-order valence-electron chi connectivity index (χ4n) is 3.51. The van der Waals surface area contributed by atoms with Crippen LogP contribution in [0, 0.1) is 0 Å². The van der Waals surface area contributed by atoms with Crippen LogP contribution >= 0.6 is 0 Å². The normalized spacial score (nSPS) is 9.94. The van der Waals surface area contributed by atoms with Crippen LogP contribution in [0.4, 0.5) is 0 Å². The Hall–Kier alpha value is -4.78. The summed E-state index contributed by atoms with van der Waals surface area (Å²) in [7, 11) is 2.62. The highest BCUT2D eigenvalue weighted by Gasteiger charge is 2.15. The Morgan fingerprint density at radius 2 is 1.06 bits per heavy atom. The maximum absolute atomic E-state index is 11.8. The molecule has 10 nitrogen and oxygen atoms in total. The summed E-state index contributed by atoms with van der Waals surface area (Å²) in [6.45, 7) is 0.166. The number of esters is 2. The molecule has 0 unspecified atom stereocenters. The minimum Gasteiger partial charge on any atom is -0.465 e. The van der Waals surface area contributed by atoms with Crippen molar-refractivity contribution < 1.29 is 19.1 Å². The molecule has 34 heavy (non-hydrogen) atoms. The van der Waals surface area contributed by atoms with Crippen LogP contribution in [0.15, 0.2) is 70.9 Å². The SMILES string of the molecule is COC(=O)c1ccc(-c2cc(CN=[N+]=[N-])c(-c3ccc(C(=O)OC)cc3)cc2CN=[N+]=[N-])cc1. The highest BCUT2D eigenvalue weighted by atomic mass is 16.5. The molecule has 0 atom stereocenters. The van der Waals surface area contributed by atoms with Crippen molar-refractivity contribution in [2.45, 2.75) is 13.1 Å². The second-order valence-electron chi connectivity index (χ2n) is 7.08. The van der Waals surface area contributed by atoms with Crippen LogP contribution in [0.5, 0.6) is 0 Å². The molecular weight excluding hydrogens is 436 g/mol. The van der Waals surface area contributed by atoms with Gasteiger partial charge in [0.15, 0.2) is 0 Å². The zero-order valence-corrected chi connectivity index (χ0v) is 18.5. The summed E-state index contributed by atoms with van der Waals surface area (Å²) < 4.78 is 9.50. The molecule has 0 spiro atoms. The van der Waals surface area contributed by atoms with Crippen molar-refractivity contribution in [2.75, 3.05) is 14.2 Å². The standard InChI is InChI=1S/C24H20N6O4/c1-33-23(31)17-7-3-15(4-8-17)21-11-20(14-28-30-26)22(12-19(21)13-27-29-25)16-5-9-18(10-6-16)24(32)34-2/h3-12H,13-14H2,1-2H3. The van der Waals surface area contributed by atoms with Crippen LogP contribution in [-0.4, -0.2) is 26.2 Å². The quantitative estimate of drug-likeness (QED) is 0.171. The molecule has 170 valence electrons. The van der Waals surface area contributed by atoms with Gasteiger partial charge in [-0.2, -0.15) is 0 Å². The molecule has 0 heterocycles. The van der Waals surface area contributed by atoms with E-state index < -0.39 is 11.9 Å². The molecule has 0 aliphatic carbocycles. The Morgan fingerprint density at radius 3 is 1.35 bits per heavy atom.